The highest BCUT2D eigenvalue weighted by molar-refractivity contribution is 5.14. The van der Waals surface area contributed by atoms with E-state index in [4.69, 9.17) is 4.74 Å². The lowest BCUT2D eigenvalue weighted by Gasteiger charge is -2.26. The minimum Gasteiger partial charge on any atom is -0.362 e. The van der Waals surface area contributed by atoms with E-state index in [9.17, 15) is 0 Å². The molecule has 0 radical (unpaired) electrons. The number of hydrogen-bond donors (Lipinski definition) is 1. The number of benzene rings is 1. The van der Waals surface area contributed by atoms with Crippen LogP contribution in [0, 0.1) is 0 Å². The van der Waals surface area contributed by atoms with E-state index in [1.807, 2.05) is 13.0 Å². The standard InChI is InChI=1S/C13H21NO/c1-4-15-13(2,3)14-11-10-12-8-6-5-7-9-12/h5-9,14H,4,10-11H2,1-3H3. The molecule has 1 rings (SSSR count). The Morgan fingerprint density at radius 3 is 2.47 bits per heavy atom. The Bertz CT molecular complexity index is 269. The summed E-state index contributed by atoms with van der Waals surface area (Å²) in [5, 5.41) is 3.39. The molecule has 1 aromatic rings. The molecule has 0 heterocycles. The van der Waals surface area contributed by atoms with Gasteiger partial charge in [-0.1, -0.05) is 30.3 Å². The number of nitrogens with one attached hydrogen (secondary N) is 1. The van der Waals surface area contributed by atoms with Crippen molar-refractivity contribution in [2.24, 2.45) is 0 Å². The van der Waals surface area contributed by atoms with E-state index in [-0.39, 0.29) is 5.72 Å². The summed E-state index contributed by atoms with van der Waals surface area (Å²) < 4.78 is 5.56. The zero-order valence-electron chi connectivity index (χ0n) is 9.92. The van der Waals surface area contributed by atoms with E-state index in [1.165, 1.54) is 5.56 Å². The van der Waals surface area contributed by atoms with Crippen LogP contribution in [0.2, 0.25) is 0 Å². The van der Waals surface area contributed by atoms with Crippen LogP contribution in [0.4, 0.5) is 0 Å². The van der Waals surface area contributed by atoms with Crippen LogP contribution in [0.3, 0.4) is 0 Å². The van der Waals surface area contributed by atoms with Gasteiger partial charge in [-0.25, -0.2) is 0 Å². The first kappa shape index (κ1) is 12.2. The van der Waals surface area contributed by atoms with Crippen molar-refractivity contribution in [3.05, 3.63) is 35.9 Å². The van der Waals surface area contributed by atoms with Crippen molar-refractivity contribution >= 4 is 0 Å². The van der Waals surface area contributed by atoms with Crippen LogP contribution in [0.25, 0.3) is 0 Å². The molecule has 0 spiro atoms. The van der Waals surface area contributed by atoms with Crippen LogP contribution in [0.15, 0.2) is 30.3 Å². The highest BCUT2D eigenvalue weighted by Gasteiger charge is 2.15. The van der Waals surface area contributed by atoms with Crippen LogP contribution in [0.5, 0.6) is 0 Å². The summed E-state index contributed by atoms with van der Waals surface area (Å²) in [4.78, 5) is 0. The highest BCUT2D eigenvalue weighted by Crippen LogP contribution is 2.05. The summed E-state index contributed by atoms with van der Waals surface area (Å²) in [5.74, 6) is 0. The molecule has 0 fully saturated rings. The second-order valence-electron chi connectivity index (χ2n) is 4.11. The third kappa shape index (κ3) is 4.96. The second-order valence-corrected chi connectivity index (χ2v) is 4.11. The largest absolute Gasteiger partial charge is 0.362 e. The third-order valence-electron chi connectivity index (χ3n) is 2.31. The summed E-state index contributed by atoms with van der Waals surface area (Å²) in [6.45, 7) is 7.81. The minimum absolute atomic E-state index is 0.219. The Labute approximate surface area is 92.6 Å². The van der Waals surface area contributed by atoms with E-state index in [1.54, 1.807) is 0 Å². The van der Waals surface area contributed by atoms with E-state index < -0.39 is 0 Å². The van der Waals surface area contributed by atoms with Crippen molar-refractivity contribution in [1.29, 1.82) is 0 Å². The van der Waals surface area contributed by atoms with Gasteiger partial charge in [0, 0.05) is 13.2 Å². The summed E-state index contributed by atoms with van der Waals surface area (Å²) in [6, 6.07) is 10.5. The Morgan fingerprint density at radius 2 is 1.87 bits per heavy atom. The molecule has 0 aliphatic rings. The topological polar surface area (TPSA) is 21.3 Å². The van der Waals surface area contributed by atoms with Gasteiger partial charge in [0.15, 0.2) is 0 Å². The van der Waals surface area contributed by atoms with Crippen LogP contribution in [0.1, 0.15) is 26.3 Å². The van der Waals surface area contributed by atoms with Crippen LogP contribution in [-0.4, -0.2) is 18.9 Å². The fourth-order valence-electron chi connectivity index (χ4n) is 1.56. The zero-order chi connectivity index (χ0) is 11.1. The van der Waals surface area contributed by atoms with Gasteiger partial charge in [-0.2, -0.15) is 0 Å². The van der Waals surface area contributed by atoms with E-state index in [0.717, 1.165) is 19.6 Å². The molecule has 1 aromatic carbocycles. The second kappa shape index (κ2) is 5.89. The Kier molecular flexibility index (Phi) is 4.79. The maximum Gasteiger partial charge on any atom is 0.113 e. The van der Waals surface area contributed by atoms with Gasteiger partial charge >= 0.3 is 0 Å². The first-order valence-corrected chi connectivity index (χ1v) is 5.57. The van der Waals surface area contributed by atoms with Gasteiger partial charge in [0.05, 0.1) is 0 Å². The molecule has 0 saturated heterocycles. The Hall–Kier alpha value is -0.860. The zero-order valence-corrected chi connectivity index (χ0v) is 9.92. The van der Waals surface area contributed by atoms with Crippen LogP contribution < -0.4 is 5.32 Å². The smallest absolute Gasteiger partial charge is 0.113 e. The van der Waals surface area contributed by atoms with Crippen molar-refractivity contribution in [3.8, 4) is 0 Å². The van der Waals surface area contributed by atoms with Crippen molar-refractivity contribution < 1.29 is 4.74 Å². The van der Waals surface area contributed by atoms with Crippen LogP contribution >= 0.6 is 0 Å². The normalized spacial score (nSPS) is 11.7. The summed E-state index contributed by atoms with van der Waals surface area (Å²) in [7, 11) is 0. The summed E-state index contributed by atoms with van der Waals surface area (Å²) in [5.41, 5.74) is 1.14. The van der Waals surface area contributed by atoms with Gasteiger partial charge < -0.3 is 4.74 Å². The molecular formula is C13H21NO. The predicted octanol–water partition coefficient (Wildman–Crippen LogP) is 2.59. The average molecular weight is 207 g/mol. The molecule has 0 aliphatic carbocycles. The molecule has 0 bridgehead atoms. The minimum atomic E-state index is -0.219. The molecule has 0 saturated carbocycles. The third-order valence-corrected chi connectivity index (χ3v) is 2.31. The Morgan fingerprint density at radius 1 is 1.20 bits per heavy atom. The van der Waals surface area contributed by atoms with Crippen molar-refractivity contribution in [1.82, 2.24) is 5.32 Å². The van der Waals surface area contributed by atoms with Gasteiger partial charge in [0.2, 0.25) is 0 Å². The SMILES string of the molecule is CCOC(C)(C)NCCc1ccccc1. The van der Waals surface area contributed by atoms with Gasteiger partial charge in [-0.05, 0) is 32.8 Å². The summed E-state index contributed by atoms with van der Waals surface area (Å²) >= 11 is 0. The summed E-state index contributed by atoms with van der Waals surface area (Å²) in [6.07, 6.45) is 1.04. The number of ether oxygens (including phenoxy) is 1. The lowest BCUT2D eigenvalue weighted by Crippen LogP contribution is -2.42. The number of rotatable bonds is 6. The quantitative estimate of drug-likeness (QED) is 0.724. The first-order valence-electron chi connectivity index (χ1n) is 5.57. The van der Waals surface area contributed by atoms with E-state index in [0.29, 0.717) is 0 Å². The van der Waals surface area contributed by atoms with Gasteiger partial charge in [-0.15, -0.1) is 0 Å². The van der Waals surface area contributed by atoms with Gasteiger partial charge in [-0.3, -0.25) is 5.32 Å². The molecule has 1 N–H and O–H groups in total. The molecule has 2 heteroatoms. The van der Waals surface area contributed by atoms with Crippen molar-refractivity contribution in [3.63, 3.8) is 0 Å². The molecule has 0 atom stereocenters. The molecule has 15 heavy (non-hydrogen) atoms. The van der Waals surface area contributed by atoms with Gasteiger partial charge in [0.25, 0.3) is 0 Å². The fourth-order valence-corrected chi connectivity index (χ4v) is 1.56. The monoisotopic (exact) mass is 207 g/mol. The number of hydrogen-bond acceptors (Lipinski definition) is 2. The predicted molar refractivity (Wildman–Crippen MR) is 63.9 cm³/mol. The van der Waals surface area contributed by atoms with Crippen molar-refractivity contribution in [2.45, 2.75) is 32.9 Å². The van der Waals surface area contributed by atoms with Gasteiger partial charge in [0.1, 0.15) is 5.72 Å². The molecule has 0 amide bonds. The highest BCUT2D eigenvalue weighted by atomic mass is 16.5. The molecule has 84 valence electrons. The lowest BCUT2D eigenvalue weighted by molar-refractivity contribution is -0.0356. The maximum absolute atomic E-state index is 5.56. The maximum atomic E-state index is 5.56. The molecular weight excluding hydrogens is 186 g/mol. The molecule has 0 aromatic heterocycles. The van der Waals surface area contributed by atoms with Crippen molar-refractivity contribution in [2.75, 3.05) is 13.2 Å². The Balaban J connectivity index is 2.27. The average Bonchev–Trinajstić information content (AvgIpc) is 2.19. The molecule has 0 aliphatic heterocycles. The van der Waals surface area contributed by atoms with Crippen LogP contribution in [-0.2, 0) is 11.2 Å². The van der Waals surface area contributed by atoms with E-state index in [2.05, 4.69) is 43.4 Å². The molecule has 2 nitrogen and oxygen atoms in total. The fraction of sp³-hybridized carbons (Fsp3) is 0.538. The lowest BCUT2D eigenvalue weighted by atomic mass is 10.1. The van der Waals surface area contributed by atoms with E-state index >= 15 is 0 Å². The first-order chi connectivity index (χ1) is 7.14. The molecule has 0 unspecified atom stereocenters.